The van der Waals surface area contributed by atoms with Crippen LogP contribution >= 0.6 is 0 Å². The fourth-order valence-corrected chi connectivity index (χ4v) is 3.34. The van der Waals surface area contributed by atoms with E-state index >= 15 is 0 Å². The molecule has 26 heavy (non-hydrogen) atoms. The lowest BCUT2D eigenvalue weighted by Gasteiger charge is -2.34. The smallest absolute Gasteiger partial charge is 0.248 e. The van der Waals surface area contributed by atoms with Crippen LogP contribution in [0.15, 0.2) is 24.3 Å². The largest absolute Gasteiger partial charge is 0.382 e. The molecule has 0 aromatic heterocycles. The third kappa shape index (κ3) is 6.34. The Morgan fingerprint density at radius 2 is 1.96 bits per heavy atom. The molecule has 0 unspecified atom stereocenters. The van der Waals surface area contributed by atoms with Crippen molar-refractivity contribution in [1.82, 2.24) is 9.80 Å². The average molecular weight is 366 g/mol. The summed E-state index contributed by atoms with van der Waals surface area (Å²) in [6.45, 7) is 8.54. The molecule has 0 saturated carbocycles. The Morgan fingerprint density at radius 1 is 1.23 bits per heavy atom. The van der Waals surface area contributed by atoms with E-state index < -0.39 is 0 Å². The highest BCUT2D eigenvalue weighted by molar-refractivity contribution is 5.77. The van der Waals surface area contributed by atoms with Gasteiger partial charge in [-0.1, -0.05) is 26.0 Å². The number of amides is 1. The van der Waals surface area contributed by atoms with Crippen LogP contribution in [0.3, 0.4) is 0 Å². The topological polar surface area (TPSA) is 42.0 Å². The Morgan fingerprint density at radius 3 is 2.62 bits per heavy atom. The second-order valence-corrected chi connectivity index (χ2v) is 7.15. The van der Waals surface area contributed by atoms with E-state index in [9.17, 15) is 9.18 Å². The van der Waals surface area contributed by atoms with Gasteiger partial charge in [0.1, 0.15) is 12.4 Å². The molecule has 0 bridgehead atoms. The van der Waals surface area contributed by atoms with Gasteiger partial charge in [-0.2, -0.15) is 0 Å². The van der Waals surface area contributed by atoms with E-state index in [4.69, 9.17) is 9.47 Å². The number of carbonyl (C=O) groups is 1. The Kier molecular flexibility index (Phi) is 8.48. The zero-order valence-electron chi connectivity index (χ0n) is 16.1. The van der Waals surface area contributed by atoms with Crippen LogP contribution in [0, 0.1) is 11.7 Å². The second kappa shape index (κ2) is 10.6. The number of ether oxygens (including phenoxy) is 2. The molecule has 1 aliphatic rings. The van der Waals surface area contributed by atoms with Crippen molar-refractivity contribution in [2.45, 2.75) is 32.9 Å². The number of hydrogen-bond donors (Lipinski definition) is 0. The van der Waals surface area contributed by atoms with Crippen molar-refractivity contribution in [1.29, 1.82) is 0 Å². The normalized spacial score (nSPS) is 19.0. The Hall–Kier alpha value is -1.50. The van der Waals surface area contributed by atoms with Gasteiger partial charge >= 0.3 is 0 Å². The molecule has 0 radical (unpaired) electrons. The lowest BCUT2D eigenvalue weighted by molar-refractivity contribution is -0.137. The molecule has 1 fully saturated rings. The fourth-order valence-electron chi connectivity index (χ4n) is 3.34. The first kappa shape index (κ1) is 20.8. The van der Waals surface area contributed by atoms with E-state index in [1.54, 1.807) is 7.11 Å². The van der Waals surface area contributed by atoms with Crippen LogP contribution in [0.1, 0.15) is 25.8 Å². The highest BCUT2D eigenvalue weighted by Gasteiger charge is 2.29. The summed E-state index contributed by atoms with van der Waals surface area (Å²) in [5, 5.41) is 0. The molecule has 0 spiro atoms. The molecule has 1 amide bonds. The molecule has 6 heteroatoms. The molecule has 0 N–H and O–H groups in total. The summed E-state index contributed by atoms with van der Waals surface area (Å²) in [6.07, 6.45) is 0.925. The van der Waals surface area contributed by atoms with Crippen LogP contribution in [0.2, 0.25) is 0 Å². The van der Waals surface area contributed by atoms with Gasteiger partial charge in [0, 0.05) is 39.3 Å². The SMILES string of the molecule is COCCOCC(=O)N1CCCN(Cc2ccc(F)cc2)[C@H](C(C)C)C1. The molecule has 1 aliphatic heterocycles. The number of carbonyl (C=O) groups excluding carboxylic acids is 1. The van der Waals surface area contributed by atoms with E-state index in [2.05, 4.69) is 18.7 Å². The molecule has 1 saturated heterocycles. The Labute approximate surface area is 156 Å². The summed E-state index contributed by atoms with van der Waals surface area (Å²) in [4.78, 5) is 16.8. The van der Waals surface area contributed by atoms with Gasteiger partial charge in [-0.25, -0.2) is 4.39 Å². The number of benzene rings is 1. The fraction of sp³-hybridized carbons (Fsp3) is 0.650. The molecule has 1 aromatic carbocycles. The van der Waals surface area contributed by atoms with Crippen LogP contribution in [0.5, 0.6) is 0 Å². The minimum atomic E-state index is -0.213. The third-order valence-electron chi connectivity index (χ3n) is 4.83. The van der Waals surface area contributed by atoms with Crippen LogP contribution in [0.4, 0.5) is 4.39 Å². The van der Waals surface area contributed by atoms with Gasteiger partial charge in [-0.15, -0.1) is 0 Å². The van der Waals surface area contributed by atoms with E-state index in [1.165, 1.54) is 12.1 Å². The number of hydrogen-bond acceptors (Lipinski definition) is 4. The number of halogens is 1. The molecule has 1 aromatic rings. The van der Waals surface area contributed by atoms with Gasteiger partial charge in [0.25, 0.3) is 0 Å². The number of nitrogens with zero attached hydrogens (tertiary/aromatic N) is 2. The lowest BCUT2D eigenvalue weighted by atomic mass is 10.0. The van der Waals surface area contributed by atoms with Crippen molar-refractivity contribution in [3.8, 4) is 0 Å². The summed E-state index contributed by atoms with van der Waals surface area (Å²) in [5.74, 6) is 0.240. The molecule has 2 rings (SSSR count). The van der Waals surface area contributed by atoms with Gasteiger partial charge in [0.05, 0.1) is 13.2 Å². The summed E-state index contributed by atoms with van der Waals surface area (Å²) in [6, 6.07) is 6.95. The first-order valence-corrected chi connectivity index (χ1v) is 9.34. The quantitative estimate of drug-likeness (QED) is 0.663. The van der Waals surface area contributed by atoms with Crippen molar-refractivity contribution in [2.24, 2.45) is 5.92 Å². The van der Waals surface area contributed by atoms with Gasteiger partial charge in [-0.3, -0.25) is 9.69 Å². The first-order valence-electron chi connectivity index (χ1n) is 9.34. The van der Waals surface area contributed by atoms with E-state index in [1.807, 2.05) is 17.0 Å². The molecule has 1 atom stereocenters. The van der Waals surface area contributed by atoms with Gasteiger partial charge in [-0.05, 0) is 30.0 Å². The van der Waals surface area contributed by atoms with Gasteiger partial charge in [0.15, 0.2) is 0 Å². The first-order chi connectivity index (χ1) is 12.5. The van der Waals surface area contributed by atoms with Gasteiger partial charge < -0.3 is 14.4 Å². The molecule has 146 valence electrons. The van der Waals surface area contributed by atoms with E-state index in [-0.39, 0.29) is 24.4 Å². The van der Waals surface area contributed by atoms with E-state index in [0.29, 0.717) is 25.7 Å². The van der Waals surface area contributed by atoms with E-state index in [0.717, 1.165) is 31.6 Å². The molecular weight excluding hydrogens is 335 g/mol. The zero-order valence-corrected chi connectivity index (χ0v) is 16.1. The van der Waals surface area contributed by atoms with Crippen molar-refractivity contribution in [2.75, 3.05) is 46.6 Å². The third-order valence-corrected chi connectivity index (χ3v) is 4.83. The predicted molar refractivity (Wildman–Crippen MR) is 99.3 cm³/mol. The minimum Gasteiger partial charge on any atom is -0.382 e. The second-order valence-electron chi connectivity index (χ2n) is 7.15. The monoisotopic (exact) mass is 366 g/mol. The molecular formula is C20H31FN2O3. The maximum atomic E-state index is 13.1. The average Bonchev–Trinajstić information content (AvgIpc) is 2.83. The van der Waals surface area contributed by atoms with Crippen LogP contribution in [-0.4, -0.2) is 68.3 Å². The summed E-state index contributed by atoms with van der Waals surface area (Å²) < 4.78 is 23.5. The van der Waals surface area contributed by atoms with Crippen molar-refractivity contribution in [3.05, 3.63) is 35.6 Å². The summed E-state index contributed by atoms with van der Waals surface area (Å²) in [7, 11) is 1.61. The maximum Gasteiger partial charge on any atom is 0.248 e. The maximum absolute atomic E-state index is 13.1. The lowest BCUT2D eigenvalue weighted by Crippen LogP contribution is -2.46. The Bertz CT molecular complexity index is 550. The number of methoxy groups -OCH3 is 1. The molecule has 5 nitrogen and oxygen atoms in total. The van der Waals surface area contributed by atoms with Crippen LogP contribution in [-0.2, 0) is 20.8 Å². The van der Waals surface area contributed by atoms with Crippen molar-refractivity contribution >= 4 is 5.91 Å². The highest BCUT2D eigenvalue weighted by Crippen LogP contribution is 2.20. The zero-order chi connectivity index (χ0) is 18.9. The highest BCUT2D eigenvalue weighted by atomic mass is 19.1. The molecule has 1 heterocycles. The Balaban J connectivity index is 1.97. The van der Waals surface area contributed by atoms with Crippen molar-refractivity contribution in [3.63, 3.8) is 0 Å². The molecule has 0 aliphatic carbocycles. The number of rotatable bonds is 8. The summed E-state index contributed by atoms with van der Waals surface area (Å²) >= 11 is 0. The van der Waals surface area contributed by atoms with Crippen molar-refractivity contribution < 1.29 is 18.7 Å². The summed E-state index contributed by atoms with van der Waals surface area (Å²) in [5.41, 5.74) is 1.10. The van der Waals surface area contributed by atoms with Crippen LogP contribution < -0.4 is 0 Å². The predicted octanol–water partition coefficient (Wildman–Crippen LogP) is 2.55. The van der Waals surface area contributed by atoms with Crippen LogP contribution in [0.25, 0.3) is 0 Å². The standard InChI is InChI=1S/C20H31FN2O3/c1-16(2)19-14-23(20(24)15-26-12-11-25-3)10-4-9-22(19)13-17-5-7-18(21)8-6-17/h5-8,16,19H,4,9-15H2,1-3H3/t19-/m0/s1. The minimum absolute atomic E-state index is 0.0374. The van der Waals surface area contributed by atoms with Gasteiger partial charge in [0.2, 0.25) is 5.91 Å².